The van der Waals surface area contributed by atoms with Gasteiger partial charge in [-0.15, -0.1) is 0 Å². The Hall–Kier alpha value is -0.0300. The summed E-state index contributed by atoms with van der Waals surface area (Å²) in [6, 6.07) is 0.755. The van der Waals surface area contributed by atoms with Gasteiger partial charge in [0.25, 0.3) is 0 Å². The first kappa shape index (κ1) is 24.6. The van der Waals surface area contributed by atoms with Gasteiger partial charge in [0.15, 0.2) is 0 Å². The molecule has 0 spiro atoms. The molecular formula is C26H48N2OS. The van der Waals surface area contributed by atoms with Crippen LogP contribution >= 0.6 is 11.9 Å². The van der Waals surface area contributed by atoms with E-state index in [-0.39, 0.29) is 0 Å². The summed E-state index contributed by atoms with van der Waals surface area (Å²) in [6.45, 7) is 9.59. The molecule has 0 bridgehead atoms. The maximum absolute atomic E-state index is 5.60. The molecule has 3 aliphatic rings. The molecular weight excluding hydrogens is 388 g/mol. The van der Waals surface area contributed by atoms with Crippen LogP contribution in [0.5, 0.6) is 0 Å². The summed E-state index contributed by atoms with van der Waals surface area (Å²) >= 11 is 2.22. The van der Waals surface area contributed by atoms with E-state index in [1.165, 1.54) is 83.7 Å². The predicted molar refractivity (Wildman–Crippen MR) is 132 cm³/mol. The fourth-order valence-corrected chi connectivity index (χ4v) is 7.81. The summed E-state index contributed by atoms with van der Waals surface area (Å²) < 4.78 is 8.34. The van der Waals surface area contributed by atoms with Crippen molar-refractivity contribution in [2.24, 2.45) is 17.8 Å². The predicted octanol–water partition coefficient (Wildman–Crippen LogP) is 6.45. The average molecular weight is 437 g/mol. The van der Waals surface area contributed by atoms with Crippen LogP contribution in [-0.2, 0) is 4.74 Å². The van der Waals surface area contributed by atoms with Crippen molar-refractivity contribution in [2.75, 3.05) is 27.2 Å². The van der Waals surface area contributed by atoms with Gasteiger partial charge in [0, 0.05) is 31.5 Å². The first-order chi connectivity index (χ1) is 14.6. The van der Waals surface area contributed by atoms with Gasteiger partial charge in [0.2, 0.25) is 0 Å². The Bertz CT molecular complexity index is 543. The summed E-state index contributed by atoms with van der Waals surface area (Å²) in [5.74, 6) is 2.51. The largest absolute Gasteiger partial charge is 0.381 e. The molecule has 0 radical (unpaired) electrons. The van der Waals surface area contributed by atoms with Crippen molar-refractivity contribution in [2.45, 2.75) is 109 Å². The minimum absolute atomic E-state index is 0.502. The number of nitrogens with one attached hydrogen (secondary N) is 1. The first-order valence-corrected chi connectivity index (χ1v) is 13.8. The number of allylic oxidation sites excluding steroid dienone is 1. The Morgan fingerprint density at radius 2 is 1.87 bits per heavy atom. The van der Waals surface area contributed by atoms with Gasteiger partial charge in [-0.3, -0.25) is 0 Å². The molecule has 1 N–H and O–H groups in total. The molecule has 4 atom stereocenters. The molecule has 4 unspecified atom stereocenters. The van der Waals surface area contributed by atoms with Crippen molar-refractivity contribution in [1.29, 1.82) is 0 Å². The van der Waals surface area contributed by atoms with Crippen molar-refractivity contribution in [3.8, 4) is 0 Å². The zero-order chi connectivity index (χ0) is 21.5. The van der Waals surface area contributed by atoms with E-state index >= 15 is 0 Å². The lowest BCUT2D eigenvalue weighted by Crippen LogP contribution is -2.40. The molecule has 0 aromatic rings. The summed E-state index contributed by atoms with van der Waals surface area (Å²) in [4.78, 5) is 0. The maximum Gasteiger partial charge on any atom is 0.0572 e. The van der Waals surface area contributed by atoms with Gasteiger partial charge >= 0.3 is 0 Å². The number of hydrogen-bond acceptors (Lipinski definition) is 4. The normalized spacial score (nSPS) is 33.6. The van der Waals surface area contributed by atoms with E-state index in [1.807, 2.05) is 18.3 Å². The lowest BCUT2D eigenvalue weighted by Gasteiger charge is -2.44. The molecule has 30 heavy (non-hydrogen) atoms. The molecule has 2 fully saturated rings. The number of ether oxygens (including phenoxy) is 1. The minimum atomic E-state index is 0.502. The summed E-state index contributed by atoms with van der Waals surface area (Å²) in [5, 5.41) is 4.35. The molecule has 0 aromatic heterocycles. The highest BCUT2D eigenvalue weighted by atomic mass is 32.2. The smallest absolute Gasteiger partial charge is 0.0572 e. The lowest BCUT2D eigenvalue weighted by atomic mass is 9.67. The molecule has 0 heterocycles. The van der Waals surface area contributed by atoms with Crippen LogP contribution in [0.15, 0.2) is 11.1 Å². The highest BCUT2D eigenvalue weighted by molar-refractivity contribution is 7.97. The van der Waals surface area contributed by atoms with Crippen LogP contribution in [0, 0.1) is 17.8 Å². The molecule has 3 rings (SSSR count). The topological polar surface area (TPSA) is 24.5 Å². The number of hydrogen-bond donors (Lipinski definition) is 1. The van der Waals surface area contributed by atoms with Gasteiger partial charge in [0.1, 0.15) is 0 Å². The van der Waals surface area contributed by atoms with E-state index in [1.54, 1.807) is 0 Å². The highest BCUT2D eigenvalue weighted by Crippen LogP contribution is 2.47. The van der Waals surface area contributed by atoms with Gasteiger partial charge in [-0.05, 0) is 89.0 Å². The SMILES string of the molecule is CCCC1=C(C(CNC)C2CCC(SN(CC)C3CCC(OC)CC3)C(C)C2)CC1. The Labute approximate surface area is 191 Å². The first-order valence-electron chi connectivity index (χ1n) is 12.9. The van der Waals surface area contributed by atoms with Gasteiger partial charge in [-0.1, -0.05) is 50.3 Å². The monoisotopic (exact) mass is 436 g/mol. The molecule has 3 nitrogen and oxygen atoms in total. The number of methoxy groups -OCH3 is 1. The molecule has 0 saturated heterocycles. The van der Waals surface area contributed by atoms with E-state index in [4.69, 9.17) is 4.74 Å². The van der Waals surface area contributed by atoms with E-state index in [0.717, 1.165) is 29.0 Å². The standard InChI is InChI=1S/C26H48N2OS/c1-6-8-20-9-15-24(20)25(18-27-4)21-10-16-26(19(3)17-21)30-28(7-2)22-11-13-23(29-5)14-12-22/h19,21-23,25-27H,6-18H2,1-5H3. The third-order valence-corrected chi connectivity index (χ3v) is 10.0. The molecule has 3 aliphatic carbocycles. The second kappa shape index (κ2) is 12.3. The molecule has 174 valence electrons. The lowest BCUT2D eigenvalue weighted by molar-refractivity contribution is 0.0544. The fourth-order valence-electron chi connectivity index (χ4n) is 6.37. The Balaban J connectivity index is 1.55. The number of rotatable bonds is 11. The van der Waals surface area contributed by atoms with E-state index in [9.17, 15) is 0 Å². The molecule has 2 saturated carbocycles. The van der Waals surface area contributed by atoms with Crippen molar-refractivity contribution < 1.29 is 4.74 Å². The summed E-state index contributed by atoms with van der Waals surface area (Å²) in [5.41, 5.74) is 3.66. The molecule has 4 heteroatoms. The summed E-state index contributed by atoms with van der Waals surface area (Å²) in [7, 11) is 4.03. The van der Waals surface area contributed by atoms with Crippen LogP contribution in [0.25, 0.3) is 0 Å². The van der Waals surface area contributed by atoms with E-state index < -0.39 is 0 Å². The molecule has 0 amide bonds. The quantitative estimate of drug-likeness (QED) is 0.297. The van der Waals surface area contributed by atoms with Crippen LogP contribution in [-0.4, -0.2) is 48.9 Å². The molecule has 0 aliphatic heterocycles. The third kappa shape index (κ3) is 6.05. The van der Waals surface area contributed by atoms with Gasteiger partial charge in [-0.2, -0.15) is 0 Å². The van der Waals surface area contributed by atoms with Crippen molar-refractivity contribution in [1.82, 2.24) is 9.62 Å². The Morgan fingerprint density at radius 3 is 2.40 bits per heavy atom. The van der Waals surface area contributed by atoms with Gasteiger partial charge in [-0.25, -0.2) is 4.31 Å². The van der Waals surface area contributed by atoms with Crippen molar-refractivity contribution in [3.63, 3.8) is 0 Å². The Morgan fingerprint density at radius 1 is 1.10 bits per heavy atom. The second-order valence-corrected chi connectivity index (χ2v) is 11.4. The minimum Gasteiger partial charge on any atom is -0.381 e. The van der Waals surface area contributed by atoms with E-state index in [2.05, 4.69) is 49.4 Å². The van der Waals surface area contributed by atoms with Gasteiger partial charge in [0.05, 0.1) is 6.10 Å². The summed E-state index contributed by atoms with van der Waals surface area (Å²) in [6.07, 6.45) is 15.2. The fraction of sp³-hybridized carbons (Fsp3) is 0.923. The zero-order valence-corrected chi connectivity index (χ0v) is 21.2. The number of nitrogens with zero attached hydrogens (tertiary/aromatic N) is 1. The van der Waals surface area contributed by atoms with Crippen LogP contribution in [0.1, 0.15) is 91.4 Å². The maximum atomic E-state index is 5.60. The van der Waals surface area contributed by atoms with Crippen LogP contribution < -0.4 is 5.32 Å². The van der Waals surface area contributed by atoms with E-state index in [0.29, 0.717) is 6.10 Å². The zero-order valence-electron chi connectivity index (χ0n) is 20.4. The van der Waals surface area contributed by atoms with Gasteiger partial charge < -0.3 is 10.1 Å². The van der Waals surface area contributed by atoms with Crippen LogP contribution in [0.4, 0.5) is 0 Å². The van der Waals surface area contributed by atoms with Crippen molar-refractivity contribution >= 4 is 11.9 Å². The molecule has 0 aromatic carbocycles. The third-order valence-electron chi connectivity index (χ3n) is 8.24. The van der Waals surface area contributed by atoms with Crippen LogP contribution in [0.2, 0.25) is 0 Å². The average Bonchev–Trinajstić information content (AvgIpc) is 2.75. The van der Waals surface area contributed by atoms with Crippen LogP contribution in [0.3, 0.4) is 0 Å². The highest BCUT2D eigenvalue weighted by Gasteiger charge is 2.37. The van der Waals surface area contributed by atoms with Crippen molar-refractivity contribution in [3.05, 3.63) is 11.1 Å². The second-order valence-electron chi connectivity index (χ2n) is 10.1. The Kier molecular flexibility index (Phi) is 10.1.